The van der Waals surface area contributed by atoms with Crippen molar-refractivity contribution in [1.29, 1.82) is 0 Å². The molecule has 2 amide bonds. The molecule has 0 aromatic rings. The molecule has 0 aromatic carbocycles. The van der Waals surface area contributed by atoms with Crippen LogP contribution in [0.4, 0.5) is 0 Å². The average molecular weight is 378 g/mol. The van der Waals surface area contributed by atoms with E-state index in [0.29, 0.717) is 19.6 Å². The molecule has 0 aliphatic carbocycles. The number of nitrogens with zero attached hydrogens (tertiary/aromatic N) is 2. The topological polar surface area (TPSA) is 119 Å². The van der Waals surface area contributed by atoms with Gasteiger partial charge in [0.1, 0.15) is 11.8 Å². The Labute approximate surface area is 151 Å². The van der Waals surface area contributed by atoms with Gasteiger partial charge in [-0.1, -0.05) is 0 Å². The lowest BCUT2D eigenvalue weighted by atomic mass is 10.2. The molecule has 0 aliphatic heterocycles. The Balaban J connectivity index is 4.20. The van der Waals surface area contributed by atoms with Gasteiger partial charge in [-0.25, -0.2) is 4.79 Å². The highest BCUT2D eigenvalue weighted by molar-refractivity contribution is 7.85. The van der Waals surface area contributed by atoms with E-state index in [1.54, 1.807) is 0 Å². The second-order valence-electron chi connectivity index (χ2n) is 6.24. The van der Waals surface area contributed by atoms with Gasteiger partial charge in [-0.05, 0) is 34.6 Å². The summed E-state index contributed by atoms with van der Waals surface area (Å²) in [7, 11) is 5.91. The van der Waals surface area contributed by atoms with E-state index in [1.807, 2.05) is 38.0 Å². The molecule has 0 aromatic heterocycles. The lowest BCUT2D eigenvalue weighted by Gasteiger charge is -2.15. The van der Waals surface area contributed by atoms with E-state index in [0.717, 1.165) is 0 Å². The van der Waals surface area contributed by atoms with E-state index in [9.17, 15) is 18.6 Å². The number of carbonyl (C=O) groups is 3. The number of hydrogen-bond acceptors (Lipinski definition) is 6. The third kappa shape index (κ3) is 13.4. The van der Waals surface area contributed by atoms with Gasteiger partial charge in [-0.2, -0.15) is 0 Å². The van der Waals surface area contributed by atoms with Gasteiger partial charge in [0.2, 0.25) is 11.8 Å². The van der Waals surface area contributed by atoms with Crippen LogP contribution in [0.2, 0.25) is 0 Å². The molecule has 25 heavy (non-hydrogen) atoms. The number of amides is 2. The lowest BCUT2D eigenvalue weighted by Crippen LogP contribution is -2.42. The van der Waals surface area contributed by atoms with Crippen LogP contribution < -0.4 is 10.6 Å². The second-order valence-corrected chi connectivity index (χ2v) is 7.82. The first-order valence-electron chi connectivity index (χ1n) is 8.05. The molecular formula is C15H30N4O5S. The van der Waals surface area contributed by atoms with Crippen LogP contribution in [0.1, 0.15) is 12.8 Å². The van der Waals surface area contributed by atoms with Crippen molar-refractivity contribution in [2.75, 3.05) is 59.3 Å². The summed E-state index contributed by atoms with van der Waals surface area (Å²) in [5, 5.41) is 14.2. The highest BCUT2D eigenvalue weighted by atomic mass is 32.2. The number of rotatable bonds is 13. The van der Waals surface area contributed by atoms with Crippen molar-refractivity contribution in [2.45, 2.75) is 18.9 Å². The number of hydrogen-bond donors (Lipinski definition) is 3. The highest BCUT2D eigenvalue weighted by Gasteiger charge is 2.21. The van der Waals surface area contributed by atoms with Crippen LogP contribution in [0.25, 0.3) is 0 Å². The van der Waals surface area contributed by atoms with Crippen LogP contribution >= 0.6 is 0 Å². The van der Waals surface area contributed by atoms with Crippen molar-refractivity contribution in [3.63, 3.8) is 0 Å². The van der Waals surface area contributed by atoms with Crippen molar-refractivity contribution in [3.05, 3.63) is 0 Å². The van der Waals surface area contributed by atoms with E-state index >= 15 is 0 Å². The molecule has 0 saturated carbocycles. The normalized spacial score (nSPS) is 13.5. The number of likely N-dealkylation sites (N-methyl/N-ethyl adjacent to an activating group) is 1. The van der Waals surface area contributed by atoms with Gasteiger partial charge < -0.3 is 25.5 Å². The van der Waals surface area contributed by atoms with Crippen LogP contribution in [0.5, 0.6) is 0 Å². The predicted molar refractivity (Wildman–Crippen MR) is 96.8 cm³/mol. The SMILES string of the molecule is CN(C)CCNC(=O)CS(=O)CCC(NC(=O)CCN(C)C)C(=O)O. The molecule has 0 bridgehead atoms. The van der Waals surface area contributed by atoms with Crippen LogP contribution in [0.15, 0.2) is 0 Å². The van der Waals surface area contributed by atoms with Crippen molar-refractivity contribution < 1.29 is 23.7 Å². The number of aliphatic carboxylic acids is 1. The van der Waals surface area contributed by atoms with Crippen LogP contribution in [-0.2, 0) is 25.2 Å². The van der Waals surface area contributed by atoms with Crippen molar-refractivity contribution in [1.82, 2.24) is 20.4 Å². The van der Waals surface area contributed by atoms with E-state index in [1.165, 1.54) is 0 Å². The lowest BCUT2D eigenvalue weighted by molar-refractivity contribution is -0.141. The van der Waals surface area contributed by atoms with Crippen LogP contribution in [-0.4, -0.2) is 102 Å². The maximum Gasteiger partial charge on any atom is 0.326 e. The molecule has 10 heteroatoms. The second kappa shape index (κ2) is 12.8. The summed E-state index contributed by atoms with van der Waals surface area (Å²) in [5.74, 6) is -2.01. The maximum absolute atomic E-state index is 11.9. The fourth-order valence-corrected chi connectivity index (χ4v) is 2.82. The first kappa shape index (κ1) is 23.5. The number of nitrogens with one attached hydrogen (secondary N) is 2. The minimum atomic E-state index is -1.48. The fraction of sp³-hybridized carbons (Fsp3) is 0.800. The minimum absolute atomic E-state index is 0.0145. The van der Waals surface area contributed by atoms with E-state index in [2.05, 4.69) is 10.6 Å². The van der Waals surface area contributed by atoms with Gasteiger partial charge in [0.15, 0.2) is 0 Å². The van der Waals surface area contributed by atoms with Gasteiger partial charge in [0, 0.05) is 42.6 Å². The molecule has 0 fully saturated rings. The Kier molecular flexibility index (Phi) is 12.0. The summed E-state index contributed by atoms with van der Waals surface area (Å²) in [4.78, 5) is 38.3. The molecule has 2 unspecified atom stereocenters. The third-order valence-corrected chi connectivity index (χ3v) is 4.50. The molecule has 0 saturated heterocycles. The molecule has 0 rings (SSSR count). The minimum Gasteiger partial charge on any atom is -0.480 e. The quantitative estimate of drug-likeness (QED) is 0.350. The van der Waals surface area contributed by atoms with E-state index < -0.39 is 22.8 Å². The molecule has 3 N–H and O–H groups in total. The monoisotopic (exact) mass is 378 g/mol. The zero-order valence-corrected chi connectivity index (χ0v) is 16.2. The highest BCUT2D eigenvalue weighted by Crippen LogP contribution is 1.98. The fourth-order valence-electron chi connectivity index (χ4n) is 1.79. The van der Waals surface area contributed by atoms with Gasteiger partial charge in [-0.15, -0.1) is 0 Å². The molecule has 2 atom stereocenters. The standard InChI is InChI=1S/C15H30N4O5S/c1-18(2)8-5-13(20)17-12(15(22)23)6-10-25(24)11-14(21)16-7-9-19(3)4/h12H,5-11H2,1-4H3,(H,16,21)(H,17,20)(H,22,23). The van der Waals surface area contributed by atoms with Crippen LogP contribution in [0.3, 0.4) is 0 Å². The zero-order chi connectivity index (χ0) is 19.4. The van der Waals surface area contributed by atoms with Crippen molar-refractivity contribution in [2.24, 2.45) is 0 Å². The molecule has 9 nitrogen and oxygen atoms in total. The molecule has 146 valence electrons. The number of carboxylic acid groups (broad SMARTS) is 1. The first-order valence-corrected chi connectivity index (χ1v) is 9.54. The maximum atomic E-state index is 11.9. The summed E-state index contributed by atoms with van der Waals surface area (Å²) in [5.41, 5.74) is 0. The zero-order valence-electron chi connectivity index (χ0n) is 15.4. The smallest absolute Gasteiger partial charge is 0.326 e. The Morgan fingerprint density at radius 1 is 1.04 bits per heavy atom. The summed E-state index contributed by atoms with van der Waals surface area (Å²) < 4.78 is 11.9. The molecular weight excluding hydrogens is 348 g/mol. The van der Waals surface area contributed by atoms with Crippen molar-refractivity contribution >= 4 is 28.6 Å². The molecule has 0 aliphatic rings. The summed E-state index contributed by atoms with van der Waals surface area (Å²) >= 11 is 0. The number of carboxylic acids is 1. The Morgan fingerprint density at radius 3 is 2.16 bits per heavy atom. The number of carbonyl (C=O) groups excluding carboxylic acids is 2. The van der Waals surface area contributed by atoms with Crippen molar-refractivity contribution in [3.8, 4) is 0 Å². The summed E-state index contributed by atoms with van der Waals surface area (Å²) in [6.45, 7) is 1.65. The van der Waals surface area contributed by atoms with Gasteiger partial charge in [0.05, 0.1) is 0 Å². The molecule has 0 spiro atoms. The van der Waals surface area contributed by atoms with Gasteiger partial charge in [0.25, 0.3) is 0 Å². The van der Waals surface area contributed by atoms with E-state index in [4.69, 9.17) is 5.11 Å². The largest absolute Gasteiger partial charge is 0.480 e. The van der Waals surface area contributed by atoms with Crippen LogP contribution in [0, 0.1) is 0 Å². The Bertz CT molecular complexity index is 471. The van der Waals surface area contributed by atoms with E-state index in [-0.39, 0.29) is 36.2 Å². The van der Waals surface area contributed by atoms with Gasteiger partial charge >= 0.3 is 5.97 Å². The first-order chi connectivity index (χ1) is 11.6. The Hall–Kier alpha value is -1.52. The average Bonchev–Trinajstić information content (AvgIpc) is 2.48. The summed E-state index contributed by atoms with van der Waals surface area (Å²) in [6, 6.07) is -1.10. The molecule has 0 radical (unpaired) electrons. The Morgan fingerprint density at radius 2 is 1.64 bits per heavy atom. The predicted octanol–water partition coefficient (Wildman–Crippen LogP) is -1.68. The van der Waals surface area contributed by atoms with Gasteiger partial charge in [-0.3, -0.25) is 13.8 Å². The molecule has 0 heterocycles. The third-order valence-electron chi connectivity index (χ3n) is 3.23. The summed E-state index contributed by atoms with van der Waals surface area (Å²) in [6.07, 6.45) is 0.203.